The van der Waals surface area contributed by atoms with Gasteiger partial charge in [-0.3, -0.25) is 0 Å². The minimum absolute atomic E-state index is 0.170. The van der Waals surface area contributed by atoms with Crippen LogP contribution in [0.15, 0.2) is 12.1 Å². The minimum atomic E-state index is -0.411. The van der Waals surface area contributed by atoms with Crippen LogP contribution in [0.4, 0.5) is 10.1 Å². The lowest BCUT2D eigenvalue weighted by atomic mass is 10.2. The van der Waals surface area contributed by atoms with E-state index in [4.69, 9.17) is 9.47 Å². The van der Waals surface area contributed by atoms with E-state index in [1.54, 1.807) is 13.1 Å². The Kier molecular flexibility index (Phi) is 2.95. The van der Waals surface area contributed by atoms with Crippen LogP contribution in [0.25, 0.3) is 0 Å². The molecular weight excluding hydrogens is 173 g/mol. The number of rotatable bonds is 3. The molecule has 0 bridgehead atoms. The smallest absolute Gasteiger partial charge is 0.188 e. The highest BCUT2D eigenvalue weighted by molar-refractivity contribution is 5.54. The minimum Gasteiger partial charge on any atom is -0.497 e. The molecule has 1 N–H and O–H groups in total. The Hall–Kier alpha value is -1.45. The molecule has 0 aliphatic carbocycles. The van der Waals surface area contributed by atoms with Crippen LogP contribution in [0.2, 0.25) is 0 Å². The van der Waals surface area contributed by atoms with Crippen molar-refractivity contribution in [1.29, 1.82) is 0 Å². The number of hydrogen-bond acceptors (Lipinski definition) is 3. The Labute approximate surface area is 76.5 Å². The van der Waals surface area contributed by atoms with Gasteiger partial charge in [0.2, 0.25) is 0 Å². The summed E-state index contributed by atoms with van der Waals surface area (Å²) in [5.74, 6) is 0.317. The third kappa shape index (κ3) is 1.83. The summed E-state index contributed by atoms with van der Waals surface area (Å²) in [4.78, 5) is 0. The molecule has 1 aromatic rings. The fraction of sp³-hybridized carbons (Fsp3) is 0.333. The van der Waals surface area contributed by atoms with Crippen molar-refractivity contribution in [2.45, 2.75) is 0 Å². The summed E-state index contributed by atoms with van der Waals surface area (Å²) in [6, 6.07) is 3.06. The zero-order valence-corrected chi connectivity index (χ0v) is 7.85. The molecule has 0 spiro atoms. The summed E-state index contributed by atoms with van der Waals surface area (Å²) >= 11 is 0. The van der Waals surface area contributed by atoms with Crippen LogP contribution in [0.3, 0.4) is 0 Å². The van der Waals surface area contributed by atoms with Gasteiger partial charge in [0, 0.05) is 19.2 Å². The van der Waals surface area contributed by atoms with Crippen LogP contribution in [0.5, 0.6) is 11.5 Å². The van der Waals surface area contributed by atoms with Crippen LogP contribution in [0, 0.1) is 5.82 Å². The van der Waals surface area contributed by atoms with E-state index in [2.05, 4.69) is 5.32 Å². The van der Waals surface area contributed by atoms with Crippen LogP contribution < -0.4 is 14.8 Å². The first-order valence-corrected chi connectivity index (χ1v) is 3.82. The fourth-order valence-corrected chi connectivity index (χ4v) is 1.02. The lowest BCUT2D eigenvalue weighted by Gasteiger charge is -2.09. The highest BCUT2D eigenvalue weighted by atomic mass is 19.1. The number of ether oxygens (including phenoxy) is 2. The second-order valence-corrected chi connectivity index (χ2v) is 2.44. The molecule has 0 fully saturated rings. The molecule has 0 saturated carbocycles. The highest BCUT2D eigenvalue weighted by Gasteiger charge is 2.10. The van der Waals surface area contributed by atoms with E-state index in [0.29, 0.717) is 11.4 Å². The van der Waals surface area contributed by atoms with Gasteiger partial charge in [-0.2, -0.15) is 0 Å². The van der Waals surface area contributed by atoms with E-state index < -0.39 is 5.82 Å². The van der Waals surface area contributed by atoms with E-state index in [-0.39, 0.29) is 5.75 Å². The molecule has 72 valence electrons. The van der Waals surface area contributed by atoms with E-state index in [1.165, 1.54) is 20.3 Å². The van der Waals surface area contributed by atoms with Crippen molar-refractivity contribution in [2.75, 3.05) is 26.6 Å². The highest BCUT2D eigenvalue weighted by Crippen LogP contribution is 2.30. The molecule has 0 amide bonds. The zero-order valence-electron chi connectivity index (χ0n) is 7.85. The molecule has 0 unspecified atom stereocenters. The van der Waals surface area contributed by atoms with Gasteiger partial charge in [0.25, 0.3) is 0 Å². The molecule has 1 aromatic carbocycles. The summed E-state index contributed by atoms with van der Waals surface area (Å²) in [5, 5.41) is 2.71. The third-order valence-electron chi connectivity index (χ3n) is 1.74. The standard InChI is InChI=1S/C9H12FNO2/c1-11-7-4-6(12-2)5-8(13-3)9(7)10/h4-5,11H,1-3H3. The maximum absolute atomic E-state index is 13.3. The molecule has 0 radical (unpaired) electrons. The van der Waals surface area contributed by atoms with Gasteiger partial charge < -0.3 is 14.8 Å². The molecule has 0 heterocycles. The van der Waals surface area contributed by atoms with Crippen molar-refractivity contribution in [1.82, 2.24) is 0 Å². The van der Waals surface area contributed by atoms with Crippen LogP contribution in [0.1, 0.15) is 0 Å². The quantitative estimate of drug-likeness (QED) is 0.780. The second kappa shape index (κ2) is 3.98. The maximum Gasteiger partial charge on any atom is 0.188 e. The van der Waals surface area contributed by atoms with Crippen molar-refractivity contribution in [3.8, 4) is 11.5 Å². The molecule has 0 aliphatic rings. The first-order chi connectivity index (χ1) is 6.22. The Morgan fingerprint density at radius 3 is 2.38 bits per heavy atom. The average molecular weight is 185 g/mol. The topological polar surface area (TPSA) is 30.5 Å². The molecule has 0 aliphatic heterocycles. The second-order valence-electron chi connectivity index (χ2n) is 2.44. The molecule has 3 nitrogen and oxygen atoms in total. The number of nitrogens with one attached hydrogen (secondary N) is 1. The molecular formula is C9H12FNO2. The van der Waals surface area contributed by atoms with Gasteiger partial charge in [-0.1, -0.05) is 0 Å². The van der Waals surface area contributed by atoms with Gasteiger partial charge in [0.1, 0.15) is 5.75 Å². The van der Waals surface area contributed by atoms with Crippen molar-refractivity contribution < 1.29 is 13.9 Å². The lowest BCUT2D eigenvalue weighted by Crippen LogP contribution is -1.97. The Bertz CT molecular complexity index is 277. The van der Waals surface area contributed by atoms with Crippen molar-refractivity contribution >= 4 is 5.69 Å². The summed E-state index contributed by atoms with van der Waals surface area (Å²) in [7, 11) is 4.57. The largest absolute Gasteiger partial charge is 0.497 e. The molecule has 0 aromatic heterocycles. The maximum atomic E-state index is 13.3. The van der Waals surface area contributed by atoms with Crippen molar-refractivity contribution in [3.05, 3.63) is 17.9 Å². The first-order valence-electron chi connectivity index (χ1n) is 3.82. The summed E-state index contributed by atoms with van der Waals surface area (Å²) in [5.41, 5.74) is 0.358. The van der Waals surface area contributed by atoms with Gasteiger partial charge in [-0.15, -0.1) is 0 Å². The number of benzene rings is 1. The van der Waals surface area contributed by atoms with Gasteiger partial charge in [-0.25, -0.2) is 4.39 Å². The molecule has 13 heavy (non-hydrogen) atoms. The monoisotopic (exact) mass is 185 g/mol. The predicted octanol–water partition coefficient (Wildman–Crippen LogP) is 1.88. The average Bonchev–Trinajstić information content (AvgIpc) is 2.18. The van der Waals surface area contributed by atoms with E-state index in [0.717, 1.165) is 0 Å². The van der Waals surface area contributed by atoms with E-state index in [1.807, 2.05) is 0 Å². The van der Waals surface area contributed by atoms with Gasteiger partial charge >= 0.3 is 0 Å². The number of halogens is 1. The fourth-order valence-electron chi connectivity index (χ4n) is 1.02. The Morgan fingerprint density at radius 1 is 1.23 bits per heavy atom. The molecule has 1 rings (SSSR count). The molecule has 4 heteroatoms. The third-order valence-corrected chi connectivity index (χ3v) is 1.74. The van der Waals surface area contributed by atoms with Crippen LogP contribution >= 0.6 is 0 Å². The van der Waals surface area contributed by atoms with Gasteiger partial charge in [-0.05, 0) is 0 Å². The number of anilines is 1. The molecule has 0 atom stereocenters. The van der Waals surface area contributed by atoms with Gasteiger partial charge in [0.15, 0.2) is 11.6 Å². The number of hydrogen-bond donors (Lipinski definition) is 1. The normalized spacial score (nSPS) is 9.54. The predicted molar refractivity (Wildman–Crippen MR) is 49.1 cm³/mol. The lowest BCUT2D eigenvalue weighted by molar-refractivity contribution is 0.375. The SMILES string of the molecule is CNc1cc(OC)cc(OC)c1F. The van der Waals surface area contributed by atoms with E-state index in [9.17, 15) is 4.39 Å². The zero-order chi connectivity index (χ0) is 9.84. The van der Waals surface area contributed by atoms with Gasteiger partial charge in [0.05, 0.1) is 19.9 Å². The Morgan fingerprint density at radius 2 is 1.92 bits per heavy atom. The molecule has 0 saturated heterocycles. The van der Waals surface area contributed by atoms with Crippen LogP contribution in [-0.4, -0.2) is 21.3 Å². The first kappa shape index (κ1) is 9.64. The summed E-state index contributed by atoms with van der Waals surface area (Å²) < 4.78 is 23.1. The summed E-state index contributed by atoms with van der Waals surface area (Å²) in [6.07, 6.45) is 0. The van der Waals surface area contributed by atoms with E-state index >= 15 is 0 Å². The number of methoxy groups -OCH3 is 2. The Balaban J connectivity index is 3.20. The summed E-state index contributed by atoms with van der Waals surface area (Å²) in [6.45, 7) is 0. The van der Waals surface area contributed by atoms with Crippen molar-refractivity contribution in [2.24, 2.45) is 0 Å². The van der Waals surface area contributed by atoms with Crippen molar-refractivity contribution in [3.63, 3.8) is 0 Å². The van der Waals surface area contributed by atoms with Crippen LogP contribution in [-0.2, 0) is 0 Å².